The van der Waals surface area contributed by atoms with Gasteiger partial charge in [-0.25, -0.2) is 9.97 Å². The second-order valence-corrected chi connectivity index (χ2v) is 3.57. The van der Waals surface area contributed by atoms with E-state index in [-0.39, 0.29) is 24.5 Å². The van der Waals surface area contributed by atoms with E-state index in [4.69, 9.17) is 5.53 Å². The fraction of sp³-hybridized carbons (Fsp3) is 0.625. The highest BCUT2D eigenvalue weighted by atomic mass is 16.6. The monoisotopic (exact) mass is 256 g/mol. The van der Waals surface area contributed by atoms with E-state index in [9.17, 15) is 20.3 Å². The van der Waals surface area contributed by atoms with E-state index in [1.165, 1.54) is 6.92 Å². The molecule has 0 bridgehead atoms. The highest BCUT2D eigenvalue weighted by Crippen LogP contribution is 2.25. The van der Waals surface area contributed by atoms with Crippen molar-refractivity contribution in [3.05, 3.63) is 32.1 Å². The van der Waals surface area contributed by atoms with Crippen LogP contribution in [0.1, 0.15) is 24.0 Å². The van der Waals surface area contributed by atoms with Gasteiger partial charge in [-0.1, -0.05) is 5.11 Å². The van der Waals surface area contributed by atoms with Crippen molar-refractivity contribution >= 4 is 5.82 Å². The number of hydrogen-bond acceptors (Lipinski definition) is 6. The predicted molar refractivity (Wildman–Crippen MR) is 59.6 cm³/mol. The molecule has 2 atom stereocenters. The van der Waals surface area contributed by atoms with Crippen molar-refractivity contribution in [2.45, 2.75) is 25.6 Å². The third kappa shape index (κ3) is 3.17. The molecule has 0 aliphatic rings. The minimum atomic E-state index is -1.51. The summed E-state index contributed by atoms with van der Waals surface area (Å²) in [6.07, 6.45) is -2.82. The molecule has 1 heterocycles. The van der Waals surface area contributed by atoms with Gasteiger partial charge >= 0.3 is 5.82 Å². The summed E-state index contributed by atoms with van der Waals surface area (Å²) >= 11 is 0. The number of aromatic amines is 1. The van der Waals surface area contributed by atoms with Crippen molar-refractivity contribution in [2.75, 3.05) is 6.54 Å². The first-order valence-corrected chi connectivity index (χ1v) is 5.05. The van der Waals surface area contributed by atoms with Crippen LogP contribution in [0.25, 0.3) is 10.4 Å². The number of H-pyrrole nitrogens is 1. The standard InChI is InChI=1S/C8H12N6O4/c1-4-11-6(8(12-4)14(17)18)7(16)5(15)2-3-10-13-9/h5,7,15-16H,2-3H2,1H3,(H,11,12). The van der Waals surface area contributed by atoms with E-state index < -0.39 is 22.9 Å². The van der Waals surface area contributed by atoms with Gasteiger partial charge in [0, 0.05) is 18.4 Å². The van der Waals surface area contributed by atoms with Crippen molar-refractivity contribution in [3.63, 3.8) is 0 Å². The molecule has 0 saturated heterocycles. The lowest BCUT2D eigenvalue weighted by atomic mass is 10.1. The smallest absolute Gasteiger partial charge is 0.346 e. The van der Waals surface area contributed by atoms with Crippen LogP contribution in [0.5, 0.6) is 0 Å². The van der Waals surface area contributed by atoms with Gasteiger partial charge in [0.15, 0.2) is 11.5 Å². The van der Waals surface area contributed by atoms with Crippen molar-refractivity contribution in [3.8, 4) is 0 Å². The first kappa shape index (κ1) is 13.9. The third-order valence-electron chi connectivity index (χ3n) is 2.25. The van der Waals surface area contributed by atoms with Gasteiger partial charge in [-0.15, -0.1) is 0 Å². The number of aromatic nitrogens is 2. The number of aryl methyl sites for hydroxylation is 1. The van der Waals surface area contributed by atoms with Crippen LogP contribution in [0.2, 0.25) is 0 Å². The van der Waals surface area contributed by atoms with Gasteiger partial charge in [-0.05, 0) is 16.9 Å². The number of nitro groups is 1. The van der Waals surface area contributed by atoms with Gasteiger partial charge in [0.1, 0.15) is 6.10 Å². The Hall–Kier alpha value is -2.16. The van der Waals surface area contributed by atoms with Crippen LogP contribution < -0.4 is 0 Å². The van der Waals surface area contributed by atoms with Crippen LogP contribution >= 0.6 is 0 Å². The molecule has 98 valence electrons. The molecular weight excluding hydrogens is 244 g/mol. The molecule has 1 rings (SSSR count). The average molecular weight is 256 g/mol. The highest BCUT2D eigenvalue weighted by Gasteiger charge is 2.29. The fourth-order valence-electron chi connectivity index (χ4n) is 1.42. The topological polar surface area (TPSA) is 161 Å². The second kappa shape index (κ2) is 5.96. The molecule has 0 aliphatic heterocycles. The molecule has 1 aromatic rings. The molecule has 10 heteroatoms. The molecule has 0 amide bonds. The summed E-state index contributed by atoms with van der Waals surface area (Å²) in [4.78, 5) is 18.6. The number of imidazole rings is 1. The Balaban J connectivity index is 2.85. The van der Waals surface area contributed by atoms with Gasteiger partial charge in [0.2, 0.25) is 0 Å². The maximum atomic E-state index is 10.7. The van der Waals surface area contributed by atoms with E-state index in [0.717, 1.165) is 0 Å². The predicted octanol–water partition coefficient (Wildman–Crippen LogP) is 0.721. The van der Waals surface area contributed by atoms with Gasteiger partial charge in [-0.2, -0.15) is 0 Å². The second-order valence-electron chi connectivity index (χ2n) is 3.57. The Morgan fingerprint density at radius 1 is 1.67 bits per heavy atom. The zero-order valence-electron chi connectivity index (χ0n) is 9.52. The minimum Gasteiger partial charge on any atom is -0.390 e. The van der Waals surface area contributed by atoms with Gasteiger partial charge in [0.05, 0.1) is 6.10 Å². The molecule has 18 heavy (non-hydrogen) atoms. The summed E-state index contributed by atoms with van der Waals surface area (Å²) in [6.45, 7) is 1.47. The maximum absolute atomic E-state index is 10.7. The van der Waals surface area contributed by atoms with E-state index in [2.05, 4.69) is 20.0 Å². The van der Waals surface area contributed by atoms with Crippen LogP contribution in [0.3, 0.4) is 0 Å². The lowest BCUT2D eigenvalue weighted by molar-refractivity contribution is -0.390. The van der Waals surface area contributed by atoms with E-state index in [0.29, 0.717) is 0 Å². The summed E-state index contributed by atoms with van der Waals surface area (Å²) in [5, 5.41) is 33.3. The zero-order valence-corrected chi connectivity index (χ0v) is 9.52. The molecule has 0 aromatic carbocycles. The summed E-state index contributed by atoms with van der Waals surface area (Å²) in [5.41, 5.74) is 7.83. The molecule has 10 nitrogen and oxygen atoms in total. The number of rotatable bonds is 6. The van der Waals surface area contributed by atoms with Crippen LogP contribution in [-0.2, 0) is 0 Å². The molecule has 0 radical (unpaired) electrons. The largest absolute Gasteiger partial charge is 0.390 e. The number of aliphatic hydroxyl groups is 2. The molecular formula is C8H12N6O4. The molecule has 0 spiro atoms. The maximum Gasteiger partial charge on any atom is 0.346 e. The Morgan fingerprint density at radius 2 is 2.33 bits per heavy atom. The third-order valence-corrected chi connectivity index (χ3v) is 2.25. The highest BCUT2D eigenvalue weighted by molar-refractivity contribution is 5.30. The normalized spacial score (nSPS) is 13.7. The molecule has 2 unspecified atom stereocenters. The minimum absolute atomic E-state index is 0.0196. The molecule has 3 N–H and O–H groups in total. The van der Waals surface area contributed by atoms with Crippen molar-refractivity contribution in [1.29, 1.82) is 0 Å². The van der Waals surface area contributed by atoms with Crippen LogP contribution in [0, 0.1) is 17.0 Å². The Labute approximate surface area is 101 Å². The van der Waals surface area contributed by atoms with Crippen molar-refractivity contribution in [1.82, 2.24) is 9.97 Å². The summed E-state index contributed by atoms with van der Waals surface area (Å²) in [5.74, 6) is -0.194. The lowest BCUT2D eigenvalue weighted by Gasteiger charge is -2.14. The number of hydrogen-bond donors (Lipinski definition) is 3. The van der Waals surface area contributed by atoms with E-state index in [1.807, 2.05) is 0 Å². The SMILES string of the molecule is Cc1nc(C(O)C(O)CCN=[N+]=[N-])c([N+](=O)[O-])[nH]1. The van der Waals surface area contributed by atoms with E-state index >= 15 is 0 Å². The first-order chi connectivity index (χ1) is 8.47. The van der Waals surface area contributed by atoms with E-state index in [1.54, 1.807) is 0 Å². The molecule has 0 aliphatic carbocycles. The Bertz CT molecular complexity index is 480. The van der Waals surface area contributed by atoms with Gasteiger partial charge < -0.3 is 20.3 Å². The first-order valence-electron chi connectivity index (χ1n) is 5.05. The quantitative estimate of drug-likeness (QED) is 0.224. The van der Waals surface area contributed by atoms with Crippen LogP contribution in [-0.4, -0.2) is 37.8 Å². The van der Waals surface area contributed by atoms with Gasteiger partial charge in [-0.3, -0.25) is 0 Å². The number of azide groups is 1. The number of nitrogens with zero attached hydrogens (tertiary/aromatic N) is 5. The molecule has 0 fully saturated rings. The molecule has 0 saturated carbocycles. The fourth-order valence-corrected chi connectivity index (χ4v) is 1.42. The van der Waals surface area contributed by atoms with Gasteiger partial charge in [0.25, 0.3) is 0 Å². The summed E-state index contributed by atoms with van der Waals surface area (Å²) < 4.78 is 0. The lowest BCUT2D eigenvalue weighted by Crippen LogP contribution is -2.20. The summed E-state index contributed by atoms with van der Waals surface area (Å²) in [6, 6.07) is 0. The Kier molecular flexibility index (Phi) is 4.60. The number of aliphatic hydroxyl groups excluding tert-OH is 2. The number of nitrogens with one attached hydrogen (secondary N) is 1. The Morgan fingerprint density at radius 3 is 2.89 bits per heavy atom. The van der Waals surface area contributed by atoms with Crippen molar-refractivity contribution < 1.29 is 15.1 Å². The average Bonchev–Trinajstić information content (AvgIpc) is 2.70. The summed E-state index contributed by atoms with van der Waals surface area (Å²) in [7, 11) is 0. The molecule has 1 aromatic heterocycles. The van der Waals surface area contributed by atoms with Crippen LogP contribution in [0.15, 0.2) is 5.11 Å². The van der Waals surface area contributed by atoms with Crippen LogP contribution in [0.4, 0.5) is 5.82 Å². The van der Waals surface area contributed by atoms with Crippen molar-refractivity contribution in [2.24, 2.45) is 5.11 Å². The zero-order chi connectivity index (χ0) is 13.7.